The van der Waals surface area contributed by atoms with Gasteiger partial charge in [0.25, 0.3) is 0 Å². The SMILES string of the molecule is CC(=O)c1nn(-c2ccc(F)cc2)c(=O)c(OCc2cccnc2)c1C. The highest BCUT2D eigenvalue weighted by Crippen LogP contribution is 2.19. The van der Waals surface area contributed by atoms with Crippen LogP contribution in [0.15, 0.2) is 53.6 Å². The topological polar surface area (TPSA) is 74.1 Å². The van der Waals surface area contributed by atoms with Crippen LogP contribution in [0.5, 0.6) is 5.75 Å². The number of carbonyl (C=O) groups excluding carboxylic acids is 1. The summed E-state index contributed by atoms with van der Waals surface area (Å²) in [6.07, 6.45) is 3.26. The number of aromatic nitrogens is 3. The Bertz CT molecular complexity index is 999. The lowest BCUT2D eigenvalue weighted by atomic mass is 10.1. The highest BCUT2D eigenvalue weighted by Gasteiger charge is 2.19. The maximum Gasteiger partial charge on any atom is 0.314 e. The average molecular weight is 353 g/mol. The van der Waals surface area contributed by atoms with Crippen molar-refractivity contribution in [3.63, 3.8) is 0 Å². The average Bonchev–Trinajstić information content (AvgIpc) is 2.63. The molecule has 3 aromatic rings. The summed E-state index contributed by atoms with van der Waals surface area (Å²) in [6.45, 7) is 3.09. The molecular formula is C19H16FN3O3. The number of hydrogen-bond donors (Lipinski definition) is 0. The Labute approximate surface area is 148 Å². The highest BCUT2D eigenvalue weighted by molar-refractivity contribution is 5.93. The first-order valence-electron chi connectivity index (χ1n) is 7.90. The number of benzene rings is 1. The molecule has 3 rings (SSSR count). The van der Waals surface area contributed by atoms with E-state index in [0.29, 0.717) is 11.3 Å². The number of pyridine rings is 1. The Morgan fingerprint density at radius 1 is 1.23 bits per heavy atom. The van der Waals surface area contributed by atoms with Crippen molar-refractivity contribution in [1.29, 1.82) is 0 Å². The number of Topliss-reactive ketones (excluding diaryl/α,β-unsaturated/α-hetero) is 1. The van der Waals surface area contributed by atoms with E-state index in [1.54, 1.807) is 25.4 Å². The summed E-state index contributed by atoms with van der Waals surface area (Å²) in [6, 6.07) is 8.82. The van der Waals surface area contributed by atoms with Gasteiger partial charge in [0.1, 0.15) is 18.1 Å². The van der Waals surface area contributed by atoms with E-state index in [1.807, 2.05) is 6.07 Å². The number of halogens is 1. The highest BCUT2D eigenvalue weighted by atomic mass is 19.1. The number of ether oxygens (including phenoxy) is 1. The Hall–Kier alpha value is -3.35. The maximum atomic E-state index is 13.2. The van der Waals surface area contributed by atoms with Crippen molar-refractivity contribution in [3.8, 4) is 11.4 Å². The molecule has 0 aliphatic rings. The molecule has 0 bridgehead atoms. The summed E-state index contributed by atoms with van der Waals surface area (Å²) >= 11 is 0. The predicted octanol–water partition coefficient (Wildman–Crippen LogP) is 2.86. The Morgan fingerprint density at radius 3 is 2.58 bits per heavy atom. The van der Waals surface area contributed by atoms with E-state index >= 15 is 0 Å². The van der Waals surface area contributed by atoms with Crippen molar-refractivity contribution >= 4 is 5.78 Å². The van der Waals surface area contributed by atoms with Gasteiger partial charge in [0.2, 0.25) is 0 Å². The molecule has 0 saturated carbocycles. The Morgan fingerprint density at radius 2 is 1.96 bits per heavy atom. The van der Waals surface area contributed by atoms with Crippen molar-refractivity contribution in [2.24, 2.45) is 0 Å². The summed E-state index contributed by atoms with van der Waals surface area (Å²) in [5, 5.41) is 4.13. The molecule has 0 amide bonds. The van der Waals surface area contributed by atoms with Crippen molar-refractivity contribution in [2.45, 2.75) is 20.5 Å². The fraction of sp³-hybridized carbons (Fsp3) is 0.158. The number of rotatable bonds is 5. The molecule has 0 unspecified atom stereocenters. The third kappa shape index (κ3) is 3.51. The molecule has 0 aliphatic carbocycles. The lowest BCUT2D eigenvalue weighted by molar-refractivity contribution is 0.100. The first kappa shape index (κ1) is 17.5. The minimum absolute atomic E-state index is 0.0263. The van der Waals surface area contributed by atoms with Crippen LogP contribution >= 0.6 is 0 Å². The molecule has 132 valence electrons. The van der Waals surface area contributed by atoms with Gasteiger partial charge in [0.05, 0.1) is 5.69 Å². The van der Waals surface area contributed by atoms with E-state index in [1.165, 1.54) is 31.2 Å². The Kier molecular flexibility index (Phi) is 4.88. The molecule has 0 radical (unpaired) electrons. The smallest absolute Gasteiger partial charge is 0.314 e. The van der Waals surface area contributed by atoms with Crippen LogP contribution in [0.3, 0.4) is 0 Å². The van der Waals surface area contributed by atoms with Crippen molar-refractivity contribution < 1.29 is 13.9 Å². The minimum Gasteiger partial charge on any atom is -0.483 e. The fourth-order valence-corrected chi connectivity index (χ4v) is 2.49. The molecule has 0 aliphatic heterocycles. The molecule has 1 aromatic carbocycles. The van der Waals surface area contributed by atoms with Crippen LogP contribution in [-0.2, 0) is 6.61 Å². The van der Waals surface area contributed by atoms with Gasteiger partial charge in [-0.25, -0.2) is 4.39 Å². The zero-order chi connectivity index (χ0) is 18.7. The quantitative estimate of drug-likeness (QED) is 0.660. The minimum atomic E-state index is -0.525. The number of carbonyl (C=O) groups is 1. The second-order valence-electron chi connectivity index (χ2n) is 5.70. The van der Waals surface area contributed by atoms with E-state index in [9.17, 15) is 14.0 Å². The van der Waals surface area contributed by atoms with Crippen molar-refractivity contribution in [3.05, 3.63) is 81.8 Å². The molecule has 26 heavy (non-hydrogen) atoms. The lowest BCUT2D eigenvalue weighted by Gasteiger charge is -2.14. The van der Waals surface area contributed by atoms with Crippen LogP contribution in [0.1, 0.15) is 28.5 Å². The molecule has 7 heteroatoms. The van der Waals surface area contributed by atoms with Gasteiger partial charge in [-0.15, -0.1) is 0 Å². The molecule has 0 N–H and O–H groups in total. The molecule has 0 saturated heterocycles. The summed E-state index contributed by atoms with van der Waals surface area (Å²) in [5.41, 5.74) is 1.08. The van der Waals surface area contributed by atoms with E-state index in [4.69, 9.17) is 4.74 Å². The van der Waals surface area contributed by atoms with E-state index < -0.39 is 11.4 Å². The standard InChI is InChI=1S/C19H16FN3O3/c1-12-17(13(2)24)22-23(16-7-5-15(20)6-8-16)19(25)18(12)26-11-14-4-3-9-21-10-14/h3-10H,11H2,1-2H3. The molecule has 2 aromatic heterocycles. The van der Waals surface area contributed by atoms with Gasteiger partial charge >= 0.3 is 5.56 Å². The molecule has 0 atom stereocenters. The number of ketones is 1. The monoisotopic (exact) mass is 353 g/mol. The van der Waals surface area contributed by atoms with Gasteiger partial charge < -0.3 is 4.74 Å². The van der Waals surface area contributed by atoms with Gasteiger partial charge in [0.15, 0.2) is 11.5 Å². The second-order valence-corrected chi connectivity index (χ2v) is 5.70. The molecular weight excluding hydrogens is 337 g/mol. The van der Waals surface area contributed by atoms with E-state index in [-0.39, 0.29) is 23.8 Å². The summed E-state index contributed by atoms with van der Waals surface area (Å²) < 4.78 is 19.9. The van der Waals surface area contributed by atoms with Gasteiger partial charge in [-0.05, 0) is 37.3 Å². The third-order valence-electron chi connectivity index (χ3n) is 3.79. The molecule has 6 nitrogen and oxygen atoms in total. The summed E-state index contributed by atoms with van der Waals surface area (Å²) in [7, 11) is 0. The molecule has 2 heterocycles. The summed E-state index contributed by atoms with van der Waals surface area (Å²) in [4.78, 5) is 28.8. The third-order valence-corrected chi connectivity index (χ3v) is 3.79. The molecule has 0 fully saturated rings. The van der Waals surface area contributed by atoms with Crippen LogP contribution < -0.4 is 10.3 Å². The van der Waals surface area contributed by atoms with Gasteiger partial charge in [-0.1, -0.05) is 6.07 Å². The lowest BCUT2D eigenvalue weighted by Crippen LogP contribution is -2.27. The predicted molar refractivity (Wildman–Crippen MR) is 93.1 cm³/mol. The van der Waals surface area contributed by atoms with Crippen LogP contribution in [0.4, 0.5) is 4.39 Å². The fourth-order valence-electron chi connectivity index (χ4n) is 2.49. The van der Waals surface area contributed by atoms with Crippen molar-refractivity contribution in [2.75, 3.05) is 0 Å². The Balaban J connectivity index is 2.08. The maximum absolute atomic E-state index is 13.2. The first-order chi connectivity index (χ1) is 12.5. The summed E-state index contributed by atoms with van der Waals surface area (Å²) in [5.74, 6) is -0.711. The van der Waals surface area contributed by atoms with Gasteiger partial charge in [-0.3, -0.25) is 14.6 Å². The van der Waals surface area contributed by atoms with Gasteiger partial charge in [-0.2, -0.15) is 9.78 Å². The number of nitrogens with zero attached hydrogens (tertiary/aromatic N) is 3. The zero-order valence-corrected chi connectivity index (χ0v) is 14.3. The van der Waals surface area contributed by atoms with E-state index in [0.717, 1.165) is 10.2 Å². The largest absolute Gasteiger partial charge is 0.483 e. The van der Waals surface area contributed by atoms with Crippen LogP contribution in [0, 0.1) is 12.7 Å². The van der Waals surface area contributed by atoms with Crippen LogP contribution in [-0.4, -0.2) is 20.5 Å². The second kappa shape index (κ2) is 7.26. The molecule has 0 spiro atoms. The van der Waals surface area contributed by atoms with Crippen LogP contribution in [0.25, 0.3) is 5.69 Å². The van der Waals surface area contributed by atoms with Crippen molar-refractivity contribution in [1.82, 2.24) is 14.8 Å². The first-order valence-corrected chi connectivity index (χ1v) is 7.90. The van der Waals surface area contributed by atoms with E-state index in [2.05, 4.69) is 10.1 Å². The van der Waals surface area contributed by atoms with Crippen LogP contribution in [0.2, 0.25) is 0 Å². The number of hydrogen-bond acceptors (Lipinski definition) is 5. The van der Waals surface area contributed by atoms with Gasteiger partial charge in [0, 0.05) is 30.4 Å². The zero-order valence-electron chi connectivity index (χ0n) is 14.3. The normalized spacial score (nSPS) is 10.6.